The van der Waals surface area contributed by atoms with Gasteiger partial charge < -0.3 is 9.64 Å². The van der Waals surface area contributed by atoms with Crippen molar-refractivity contribution in [1.82, 2.24) is 4.98 Å². The maximum Gasteiger partial charge on any atom is 0.151 e. The summed E-state index contributed by atoms with van der Waals surface area (Å²) >= 11 is 0. The Morgan fingerprint density at radius 1 is 1.62 bits per heavy atom. The molecule has 1 aliphatic heterocycles. The van der Waals surface area contributed by atoms with E-state index in [1.54, 1.807) is 6.20 Å². The molecule has 0 amide bonds. The standard InChI is InChI=1S/C12H16N2O2/c1-9-8-16-4-3-14(9)12-5-11(7-15)6-13-10(12)2/h5-7,9H,3-4,8H2,1-2H3. The molecule has 1 saturated heterocycles. The molecule has 0 saturated carbocycles. The highest BCUT2D eigenvalue weighted by atomic mass is 16.5. The predicted octanol–water partition coefficient (Wildman–Crippen LogP) is 1.43. The number of anilines is 1. The third-order valence-corrected chi connectivity index (χ3v) is 2.89. The molecule has 1 aliphatic rings. The van der Waals surface area contributed by atoms with Crippen LogP contribution < -0.4 is 4.90 Å². The Labute approximate surface area is 95.2 Å². The summed E-state index contributed by atoms with van der Waals surface area (Å²) in [4.78, 5) is 17.2. The van der Waals surface area contributed by atoms with E-state index < -0.39 is 0 Å². The van der Waals surface area contributed by atoms with Crippen molar-refractivity contribution in [3.63, 3.8) is 0 Å². The van der Waals surface area contributed by atoms with Crippen molar-refractivity contribution < 1.29 is 9.53 Å². The van der Waals surface area contributed by atoms with Crippen LogP contribution in [0.25, 0.3) is 0 Å². The highest BCUT2D eigenvalue weighted by Gasteiger charge is 2.21. The molecule has 1 atom stereocenters. The van der Waals surface area contributed by atoms with Crippen LogP contribution in [0.5, 0.6) is 0 Å². The molecule has 0 radical (unpaired) electrons. The van der Waals surface area contributed by atoms with Crippen LogP contribution in [0.4, 0.5) is 5.69 Å². The van der Waals surface area contributed by atoms with Gasteiger partial charge in [0, 0.05) is 24.3 Å². The van der Waals surface area contributed by atoms with Gasteiger partial charge in [-0.25, -0.2) is 0 Å². The van der Waals surface area contributed by atoms with Crippen molar-refractivity contribution in [2.45, 2.75) is 19.9 Å². The number of rotatable bonds is 2. The molecule has 86 valence electrons. The Kier molecular flexibility index (Phi) is 3.19. The van der Waals surface area contributed by atoms with E-state index in [0.717, 1.165) is 37.4 Å². The maximum atomic E-state index is 10.8. The van der Waals surface area contributed by atoms with Gasteiger partial charge >= 0.3 is 0 Å². The monoisotopic (exact) mass is 220 g/mol. The molecular formula is C12H16N2O2. The fraction of sp³-hybridized carbons (Fsp3) is 0.500. The Morgan fingerprint density at radius 2 is 2.44 bits per heavy atom. The fourth-order valence-electron chi connectivity index (χ4n) is 1.98. The van der Waals surface area contributed by atoms with Crippen LogP contribution >= 0.6 is 0 Å². The van der Waals surface area contributed by atoms with E-state index in [0.29, 0.717) is 11.6 Å². The van der Waals surface area contributed by atoms with Gasteiger partial charge in [-0.05, 0) is 19.9 Å². The minimum Gasteiger partial charge on any atom is -0.377 e. The van der Waals surface area contributed by atoms with Crippen molar-refractivity contribution in [2.75, 3.05) is 24.7 Å². The van der Waals surface area contributed by atoms with Gasteiger partial charge in [0.2, 0.25) is 0 Å². The lowest BCUT2D eigenvalue weighted by Crippen LogP contribution is -2.44. The number of pyridine rings is 1. The zero-order chi connectivity index (χ0) is 11.5. The van der Waals surface area contributed by atoms with E-state index in [-0.39, 0.29) is 0 Å². The first kappa shape index (κ1) is 11.1. The first-order valence-electron chi connectivity index (χ1n) is 5.48. The lowest BCUT2D eigenvalue weighted by molar-refractivity contribution is 0.0988. The quantitative estimate of drug-likeness (QED) is 0.707. The van der Waals surface area contributed by atoms with Crippen molar-refractivity contribution in [3.05, 3.63) is 23.5 Å². The molecular weight excluding hydrogens is 204 g/mol. The van der Waals surface area contributed by atoms with Gasteiger partial charge in [0.15, 0.2) is 6.29 Å². The number of carbonyl (C=O) groups excluding carboxylic acids is 1. The maximum absolute atomic E-state index is 10.8. The summed E-state index contributed by atoms with van der Waals surface area (Å²) in [5, 5.41) is 0. The van der Waals surface area contributed by atoms with Gasteiger partial charge in [0.1, 0.15) is 0 Å². The summed E-state index contributed by atoms with van der Waals surface area (Å²) in [6.07, 6.45) is 2.44. The largest absolute Gasteiger partial charge is 0.377 e. The lowest BCUT2D eigenvalue weighted by atomic mass is 10.1. The summed E-state index contributed by atoms with van der Waals surface area (Å²) in [5.74, 6) is 0. The molecule has 0 N–H and O–H groups in total. The summed E-state index contributed by atoms with van der Waals surface area (Å²) < 4.78 is 5.40. The Balaban J connectivity index is 2.33. The van der Waals surface area contributed by atoms with Crippen LogP contribution in [0.2, 0.25) is 0 Å². The molecule has 0 bridgehead atoms. The number of aldehydes is 1. The summed E-state index contributed by atoms with van der Waals surface area (Å²) in [6, 6.07) is 2.23. The number of hydrogen-bond donors (Lipinski definition) is 0. The number of aromatic nitrogens is 1. The van der Waals surface area contributed by atoms with Crippen molar-refractivity contribution in [1.29, 1.82) is 0 Å². The molecule has 16 heavy (non-hydrogen) atoms. The zero-order valence-electron chi connectivity index (χ0n) is 9.64. The minimum absolute atomic E-state index is 0.330. The first-order chi connectivity index (χ1) is 7.72. The zero-order valence-corrected chi connectivity index (χ0v) is 9.64. The first-order valence-corrected chi connectivity index (χ1v) is 5.48. The molecule has 1 aromatic rings. The molecule has 2 rings (SSSR count). The molecule has 1 aromatic heterocycles. The second kappa shape index (κ2) is 4.61. The number of aryl methyl sites for hydroxylation is 1. The molecule has 4 heteroatoms. The highest BCUT2D eigenvalue weighted by Crippen LogP contribution is 2.23. The molecule has 0 aliphatic carbocycles. The topological polar surface area (TPSA) is 42.4 Å². The van der Waals surface area contributed by atoms with Crippen LogP contribution in [-0.2, 0) is 4.74 Å². The van der Waals surface area contributed by atoms with Gasteiger partial charge in [0.05, 0.1) is 24.6 Å². The van der Waals surface area contributed by atoms with Crippen LogP contribution in [0.1, 0.15) is 23.0 Å². The summed E-state index contributed by atoms with van der Waals surface area (Å²) in [6.45, 7) is 6.39. The molecule has 0 aromatic carbocycles. The van der Waals surface area contributed by atoms with Gasteiger partial charge in [-0.2, -0.15) is 0 Å². The number of morpholine rings is 1. The lowest BCUT2D eigenvalue weighted by Gasteiger charge is -2.35. The SMILES string of the molecule is Cc1ncc(C=O)cc1N1CCOCC1C. The van der Waals surface area contributed by atoms with Crippen molar-refractivity contribution in [2.24, 2.45) is 0 Å². The third kappa shape index (κ3) is 2.07. The Bertz CT molecular complexity index is 393. The van der Waals surface area contributed by atoms with Crippen molar-refractivity contribution in [3.8, 4) is 0 Å². The average molecular weight is 220 g/mol. The smallest absolute Gasteiger partial charge is 0.151 e. The highest BCUT2D eigenvalue weighted by molar-refractivity contribution is 5.77. The molecule has 0 spiro atoms. The van der Waals surface area contributed by atoms with Crippen molar-refractivity contribution >= 4 is 12.0 Å². The van der Waals surface area contributed by atoms with E-state index in [1.165, 1.54) is 0 Å². The van der Waals surface area contributed by atoms with Crippen LogP contribution in [0, 0.1) is 6.92 Å². The van der Waals surface area contributed by atoms with Crippen LogP contribution in [0.3, 0.4) is 0 Å². The van der Waals surface area contributed by atoms with Gasteiger partial charge in [-0.3, -0.25) is 9.78 Å². The molecule has 4 nitrogen and oxygen atoms in total. The van der Waals surface area contributed by atoms with Gasteiger partial charge in [-0.15, -0.1) is 0 Å². The van der Waals surface area contributed by atoms with Crippen LogP contribution in [-0.4, -0.2) is 37.1 Å². The third-order valence-electron chi connectivity index (χ3n) is 2.89. The number of ether oxygens (including phenoxy) is 1. The second-order valence-corrected chi connectivity index (χ2v) is 4.11. The van der Waals surface area contributed by atoms with E-state index in [2.05, 4.69) is 16.8 Å². The molecule has 1 fully saturated rings. The van der Waals surface area contributed by atoms with Gasteiger partial charge in [-0.1, -0.05) is 0 Å². The normalized spacial score (nSPS) is 20.9. The van der Waals surface area contributed by atoms with E-state index in [4.69, 9.17) is 4.74 Å². The van der Waals surface area contributed by atoms with E-state index in [1.807, 2.05) is 13.0 Å². The predicted molar refractivity (Wildman–Crippen MR) is 62.0 cm³/mol. The van der Waals surface area contributed by atoms with E-state index >= 15 is 0 Å². The fourth-order valence-corrected chi connectivity index (χ4v) is 1.98. The van der Waals surface area contributed by atoms with Gasteiger partial charge in [0.25, 0.3) is 0 Å². The summed E-state index contributed by atoms with van der Waals surface area (Å²) in [5.41, 5.74) is 2.62. The number of nitrogens with zero attached hydrogens (tertiary/aromatic N) is 2. The summed E-state index contributed by atoms with van der Waals surface area (Å²) in [7, 11) is 0. The molecule has 2 heterocycles. The number of carbonyl (C=O) groups is 1. The molecule has 1 unspecified atom stereocenters. The number of hydrogen-bond acceptors (Lipinski definition) is 4. The average Bonchev–Trinajstić information content (AvgIpc) is 2.31. The minimum atomic E-state index is 0.330. The Morgan fingerprint density at radius 3 is 3.12 bits per heavy atom. The second-order valence-electron chi connectivity index (χ2n) is 4.11. The Hall–Kier alpha value is -1.42. The van der Waals surface area contributed by atoms with Crippen LogP contribution in [0.15, 0.2) is 12.3 Å². The van der Waals surface area contributed by atoms with E-state index in [9.17, 15) is 4.79 Å².